The average Bonchev–Trinajstić information content (AvgIpc) is 2.81. The van der Waals surface area contributed by atoms with Crippen LogP contribution < -0.4 is 10.9 Å². The van der Waals surface area contributed by atoms with Crippen molar-refractivity contribution in [2.75, 3.05) is 5.32 Å². The van der Waals surface area contributed by atoms with Gasteiger partial charge in [0.05, 0.1) is 28.2 Å². The molecular formula is C25H20Cl2F2N4O3. The number of halogens is 4. The Kier molecular flexibility index (Phi) is 6.72. The number of benzene rings is 2. The highest BCUT2D eigenvalue weighted by Gasteiger charge is 2.27. The summed E-state index contributed by atoms with van der Waals surface area (Å²) in [5, 5.41) is 11.9. The molecule has 0 fully saturated rings. The second kappa shape index (κ2) is 9.48. The lowest BCUT2D eigenvalue weighted by Crippen LogP contribution is -2.27. The Morgan fingerprint density at radius 2 is 1.83 bits per heavy atom. The molecule has 0 aliphatic rings. The van der Waals surface area contributed by atoms with E-state index in [0.717, 1.165) is 13.0 Å². The number of amides is 1. The van der Waals surface area contributed by atoms with Crippen LogP contribution in [0.3, 0.4) is 0 Å². The molecule has 2 N–H and O–H groups in total. The Hall–Kier alpha value is -3.56. The number of carbonyl (C=O) groups excluding carboxylic acids is 1. The van der Waals surface area contributed by atoms with E-state index in [0.29, 0.717) is 16.9 Å². The molecule has 0 bridgehead atoms. The van der Waals surface area contributed by atoms with Gasteiger partial charge in [-0.25, -0.2) is 18.7 Å². The Bertz CT molecular complexity index is 1560. The zero-order valence-corrected chi connectivity index (χ0v) is 20.9. The fraction of sp³-hybridized carbons (Fsp3) is 0.200. The lowest BCUT2D eigenvalue weighted by Gasteiger charge is -2.18. The number of hydrogen-bond acceptors (Lipinski definition) is 5. The number of carbonyl (C=O) groups is 1. The van der Waals surface area contributed by atoms with Crippen molar-refractivity contribution < 1.29 is 18.7 Å². The van der Waals surface area contributed by atoms with Crippen molar-refractivity contribution >= 4 is 45.7 Å². The van der Waals surface area contributed by atoms with Crippen LogP contribution in [0.25, 0.3) is 10.9 Å². The van der Waals surface area contributed by atoms with Crippen LogP contribution in [0, 0.1) is 13.8 Å². The van der Waals surface area contributed by atoms with Gasteiger partial charge in [-0.2, -0.15) is 0 Å². The number of fused-ring (bicyclic) bond motifs is 1. The first-order valence-electron chi connectivity index (χ1n) is 10.7. The van der Waals surface area contributed by atoms with Crippen LogP contribution in [-0.2, 0) is 12.5 Å². The van der Waals surface area contributed by atoms with Crippen molar-refractivity contribution in [2.24, 2.45) is 0 Å². The van der Waals surface area contributed by atoms with Crippen LogP contribution >= 0.6 is 23.2 Å². The summed E-state index contributed by atoms with van der Waals surface area (Å²) in [6.07, 6.45) is 0. The van der Waals surface area contributed by atoms with E-state index in [4.69, 9.17) is 23.2 Å². The van der Waals surface area contributed by atoms with Crippen LogP contribution in [0.4, 0.5) is 14.5 Å². The second-order valence-corrected chi connectivity index (χ2v) is 9.10. The van der Waals surface area contributed by atoms with E-state index in [1.807, 2.05) is 0 Å². The molecule has 0 spiro atoms. The summed E-state index contributed by atoms with van der Waals surface area (Å²) in [4.78, 5) is 34.9. The fourth-order valence-electron chi connectivity index (χ4n) is 3.89. The first kappa shape index (κ1) is 25.5. The van der Waals surface area contributed by atoms with Gasteiger partial charge in [-0.05, 0) is 37.1 Å². The van der Waals surface area contributed by atoms with Gasteiger partial charge in [-0.3, -0.25) is 14.2 Å². The predicted molar refractivity (Wildman–Crippen MR) is 134 cm³/mol. The molecule has 0 aliphatic heterocycles. The summed E-state index contributed by atoms with van der Waals surface area (Å²) in [6, 6.07) is 10.3. The minimum atomic E-state index is -3.10. The smallest absolute Gasteiger partial charge is 0.274 e. The number of anilines is 1. The third-order valence-corrected chi connectivity index (χ3v) is 6.26. The first-order valence-corrected chi connectivity index (χ1v) is 11.5. The van der Waals surface area contributed by atoms with Gasteiger partial charge in [-0.15, -0.1) is 0 Å². The molecule has 0 radical (unpaired) electrons. The van der Waals surface area contributed by atoms with Crippen molar-refractivity contribution in [2.45, 2.75) is 33.2 Å². The maximum absolute atomic E-state index is 14.2. The maximum atomic E-state index is 14.2. The fourth-order valence-corrected chi connectivity index (χ4v) is 4.32. The van der Waals surface area contributed by atoms with Gasteiger partial charge in [0.15, 0.2) is 10.9 Å². The van der Waals surface area contributed by atoms with Crippen LogP contribution in [0.2, 0.25) is 10.2 Å². The molecule has 4 rings (SSSR count). The first-order chi connectivity index (χ1) is 16.9. The molecule has 1 amide bonds. The molecule has 0 unspecified atom stereocenters. The van der Waals surface area contributed by atoms with E-state index >= 15 is 0 Å². The third-order valence-electron chi connectivity index (χ3n) is 5.71. The molecule has 0 aliphatic carbocycles. The maximum Gasteiger partial charge on any atom is 0.274 e. The number of nitrogens with zero attached hydrogens (tertiary/aromatic N) is 3. The van der Waals surface area contributed by atoms with Crippen molar-refractivity contribution in [3.63, 3.8) is 0 Å². The van der Waals surface area contributed by atoms with E-state index in [-0.39, 0.29) is 44.6 Å². The van der Waals surface area contributed by atoms with Crippen molar-refractivity contribution in [3.8, 4) is 5.75 Å². The molecule has 4 aromatic rings. The van der Waals surface area contributed by atoms with Crippen LogP contribution in [0.5, 0.6) is 5.75 Å². The van der Waals surface area contributed by atoms with Gasteiger partial charge in [0.2, 0.25) is 0 Å². The summed E-state index contributed by atoms with van der Waals surface area (Å²) < 4.78 is 29.7. The zero-order chi connectivity index (χ0) is 26.4. The number of hydrogen-bond donors (Lipinski definition) is 2. The van der Waals surface area contributed by atoms with Gasteiger partial charge in [0, 0.05) is 12.5 Å². The van der Waals surface area contributed by atoms with E-state index in [2.05, 4.69) is 15.3 Å². The topological polar surface area (TPSA) is 97.1 Å². The lowest BCUT2D eigenvalue weighted by atomic mass is 10.0. The minimum Gasteiger partial charge on any atom is -0.504 e. The SMILES string of the molecule is Cc1ccc(NC(=O)c2cc(Cl)c(O)c(Cl)n2)c2c(=O)n(Cc3ccccc3C(C)(F)F)c(C)nc12. The van der Waals surface area contributed by atoms with Crippen LogP contribution in [0.15, 0.2) is 47.3 Å². The number of aryl methyl sites for hydroxylation is 2. The summed E-state index contributed by atoms with van der Waals surface area (Å²) in [5.74, 6) is -3.97. The predicted octanol–water partition coefficient (Wildman–Crippen LogP) is 5.83. The Labute approximate surface area is 214 Å². The van der Waals surface area contributed by atoms with Gasteiger partial charge in [0.25, 0.3) is 17.4 Å². The molecule has 186 valence electrons. The lowest BCUT2D eigenvalue weighted by molar-refractivity contribution is 0.0164. The standard InChI is InChI=1S/C25H20Cl2F2N4O3/c1-12-8-9-17(32-23(35)18-10-16(26)21(34)22(27)31-18)19-20(12)30-13(2)33(24(19)36)11-14-6-4-5-7-15(14)25(3,28)29/h4-10,34H,11H2,1-3H3,(H,32,35). The highest BCUT2D eigenvalue weighted by atomic mass is 35.5. The number of pyridine rings is 1. The van der Waals surface area contributed by atoms with Crippen molar-refractivity contribution in [3.05, 3.63) is 91.2 Å². The largest absolute Gasteiger partial charge is 0.504 e. The minimum absolute atomic E-state index is 0.102. The summed E-state index contributed by atoms with van der Waals surface area (Å²) in [7, 11) is 0. The molecule has 2 aromatic heterocycles. The van der Waals surface area contributed by atoms with Crippen molar-refractivity contribution in [1.82, 2.24) is 14.5 Å². The molecular weight excluding hydrogens is 513 g/mol. The highest BCUT2D eigenvalue weighted by molar-refractivity contribution is 6.36. The quantitative estimate of drug-likeness (QED) is 0.315. The third kappa shape index (κ3) is 4.76. The second-order valence-electron chi connectivity index (χ2n) is 8.33. The molecule has 2 heterocycles. The number of aromatic nitrogens is 3. The molecule has 2 aromatic carbocycles. The normalized spacial score (nSPS) is 11.6. The van der Waals surface area contributed by atoms with Crippen molar-refractivity contribution in [1.29, 1.82) is 0 Å². The number of aromatic hydroxyl groups is 1. The zero-order valence-electron chi connectivity index (χ0n) is 19.4. The van der Waals surface area contributed by atoms with E-state index in [1.165, 1.54) is 28.8 Å². The number of rotatable bonds is 5. The van der Waals surface area contributed by atoms with Gasteiger partial charge < -0.3 is 10.4 Å². The molecule has 7 nitrogen and oxygen atoms in total. The van der Waals surface area contributed by atoms with E-state index in [9.17, 15) is 23.5 Å². The summed E-state index contributed by atoms with van der Waals surface area (Å²) in [6.45, 7) is 4.03. The molecule has 0 saturated carbocycles. The number of alkyl halides is 2. The molecule has 0 saturated heterocycles. The van der Waals surface area contributed by atoms with Gasteiger partial charge in [-0.1, -0.05) is 53.5 Å². The number of nitrogens with one attached hydrogen (secondary N) is 1. The van der Waals surface area contributed by atoms with E-state index in [1.54, 1.807) is 26.0 Å². The summed E-state index contributed by atoms with van der Waals surface area (Å²) >= 11 is 11.7. The van der Waals surface area contributed by atoms with Crippen LogP contribution in [-0.4, -0.2) is 25.5 Å². The van der Waals surface area contributed by atoms with Gasteiger partial charge in [0.1, 0.15) is 11.5 Å². The monoisotopic (exact) mass is 532 g/mol. The average molecular weight is 533 g/mol. The van der Waals surface area contributed by atoms with E-state index < -0.39 is 23.1 Å². The molecule has 36 heavy (non-hydrogen) atoms. The molecule has 11 heteroatoms. The highest BCUT2D eigenvalue weighted by Crippen LogP contribution is 2.32. The Morgan fingerprint density at radius 3 is 2.50 bits per heavy atom. The Morgan fingerprint density at radius 1 is 1.14 bits per heavy atom. The Balaban J connectivity index is 1.83. The van der Waals surface area contributed by atoms with Crippen LogP contribution in [0.1, 0.15) is 39.9 Å². The summed E-state index contributed by atoms with van der Waals surface area (Å²) in [5.41, 5.74) is 0.563. The van der Waals surface area contributed by atoms with Gasteiger partial charge >= 0.3 is 0 Å². The molecule has 0 atom stereocenters.